The zero-order chi connectivity index (χ0) is 26.8. The van der Waals surface area contributed by atoms with Gasteiger partial charge in [0.05, 0.1) is 13.2 Å². The number of hydrogen-bond donors (Lipinski definition) is 1. The van der Waals surface area contributed by atoms with Crippen molar-refractivity contribution in [1.29, 1.82) is 0 Å². The minimum absolute atomic E-state index is 0.0281. The highest BCUT2D eigenvalue weighted by atomic mass is 35.5. The molecule has 0 radical (unpaired) electrons. The highest BCUT2D eigenvalue weighted by molar-refractivity contribution is 7.98. The van der Waals surface area contributed by atoms with Gasteiger partial charge in [0.2, 0.25) is 11.1 Å². The molecule has 1 aromatic heterocycles. The number of amides is 1. The van der Waals surface area contributed by atoms with Gasteiger partial charge in [-0.2, -0.15) is 4.98 Å². The van der Waals surface area contributed by atoms with E-state index >= 15 is 0 Å². The number of ketones is 1. The largest absolute Gasteiger partial charge is 0.484 e. The highest BCUT2D eigenvalue weighted by Crippen LogP contribution is 2.41. The van der Waals surface area contributed by atoms with E-state index in [-0.39, 0.29) is 18.3 Å². The molecular weight excluding hydrogens is 538 g/mol. The van der Waals surface area contributed by atoms with Crippen LogP contribution in [0.5, 0.6) is 5.75 Å². The van der Waals surface area contributed by atoms with E-state index in [1.165, 1.54) is 11.8 Å². The van der Waals surface area contributed by atoms with Gasteiger partial charge in [0.25, 0.3) is 5.91 Å². The summed E-state index contributed by atoms with van der Waals surface area (Å²) >= 11 is 7.83. The van der Waals surface area contributed by atoms with E-state index in [0.29, 0.717) is 60.4 Å². The summed E-state index contributed by atoms with van der Waals surface area (Å²) in [6, 6.07) is 14.9. The van der Waals surface area contributed by atoms with Crippen molar-refractivity contribution in [2.75, 3.05) is 38.2 Å². The maximum Gasteiger partial charge on any atom is 0.260 e. The molecule has 3 aromatic rings. The minimum Gasteiger partial charge on any atom is -0.484 e. The third-order valence-electron chi connectivity index (χ3n) is 7.09. The van der Waals surface area contributed by atoms with E-state index in [1.54, 1.807) is 9.58 Å². The molecule has 3 heterocycles. The Hall–Kier alpha value is -3.34. The summed E-state index contributed by atoms with van der Waals surface area (Å²) in [5, 5.41) is 9.48. The van der Waals surface area contributed by atoms with E-state index in [2.05, 4.69) is 5.32 Å². The number of carbonyl (C=O) groups is 2. The zero-order valence-electron chi connectivity index (χ0n) is 21.3. The first-order valence-corrected chi connectivity index (χ1v) is 14.4. The predicted octanol–water partition coefficient (Wildman–Crippen LogP) is 4.48. The second kappa shape index (κ2) is 11.4. The molecule has 3 aliphatic rings. The molecule has 1 atom stereocenters. The number of thioether (sulfide) groups is 1. The van der Waals surface area contributed by atoms with Crippen LogP contribution in [0.2, 0.25) is 5.02 Å². The number of fused-ring (bicyclic) bond motifs is 1. The third-order valence-corrected chi connectivity index (χ3v) is 8.34. The van der Waals surface area contributed by atoms with Gasteiger partial charge in [-0.3, -0.25) is 9.59 Å². The summed E-state index contributed by atoms with van der Waals surface area (Å²) < 4.78 is 12.9. The van der Waals surface area contributed by atoms with E-state index < -0.39 is 6.04 Å². The Morgan fingerprint density at radius 3 is 2.72 bits per heavy atom. The fourth-order valence-electron chi connectivity index (χ4n) is 5.06. The Kier molecular flexibility index (Phi) is 7.58. The summed E-state index contributed by atoms with van der Waals surface area (Å²) in [4.78, 5) is 32.1. The lowest BCUT2D eigenvalue weighted by Gasteiger charge is -2.32. The predicted molar refractivity (Wildman–Crippen MR) is 148 cm³/mol. The van der Waals surface area contributed by atoms with Crippen LogP contribution < -0.4 is 10.1 Å². The van der Waals surface area contributed by atoms with Crippen LogP contribution in [0.1, 0.15) is 36.4 Å². The van der Waals surface area contributed by atoms with Crippen molar-refractivity contribution in [3.8, 4) is 5.75 Å². The van der Waals surface area contributed by atoms with Crippen molar-refractivity contribution in [3.63, 3.8) is 0 Å². The number of carbonyl (C=O) groups excluding carboxylic acids is 2. The van der Waals surface area contributed by atoms with Gasteiger partial charge in [0, 0.05) is 41.6 Å². The molecule has 9 nitrogen and oxygen atoms in total. The molecule has 1 aliphatic carbocycles. The monoisotopic (exact) mass is 565 g/mol. The molecule has 1 amide bonds. The van der Waals surface area contributed by atoms with Gasteiger partial charge in [0.15, 0.2) is 12.4 Å². The standard InChI is InChI=1S/C28H28ClN5O4S/c29-21-5-2-1-4-19(21)17-39-28-31-27-30-22-6-3-7-23(35)25(22)26(34(27)32-28)18-8-10-20(11-9-18)38-16-24(36)33-12-14-37-15-13-33/h1-2,4-5,8-11,26H,3,6-7,12-17H2,(H,30,31,32). The van der Waals surface area contributed by atoms with E-state index in [9.17, 15) is 9.59 Å². The lowest BCUT2D eigenvalue weighted by molar-refractivity contribution is -0.137. The Labute approximate surface area is 235 Å². The fraction of sp³-hybridized carbons (Fsp3) is 0.357. The van der Waals surface area contributed by atoms with Crippen molar-refractivity contribution in [2.24, 2.45) is 0 Å². The summed E-state index contributed by atoms with van der Waals surface area (Å²) in [5.41, 5.74) is 3.56. The van der Waals surface area contributed by atoms with E-state index in [1.807, 2.05) is 48.5 Å². The molecule has 2 aromatic carbocycles. The number of rotatable bonds is 7. The van der Waals surface area contributed by atoms with Gasteiger partial charge in [-0.1, -0.05) is 53.7 Å². The van der Waals surface area contributed by atoms with Crippen molar-refractivity contribution >= 4 is 41.0 Å². The van der Waals surface area contributed by atoms with Crippen molar-refractivity contribution < 1.29 is 19.1 Å². The number of allylic oxidation sites excluding steroid dienone is 2. The maximum atomic E-state index is 13.1. The first kappa shape index (κ1) is 25.9. The summed E-state index contributed by atoms with van der Waals surface area (Å²) in [6.45, 7) is 2.25. The number of aromatic nitrogens is 3. The Balaban J connectivity index is 1.22. The van der Waals surface area contributed by atoms with Crippen LogP contribution >= 0.6 is 23.4 Å². The zero-order valence-corrected chi connectivity index (χ0v) is 22.8. The number of benzene rings is 2. The van der Waals surface area contributed by atoms with Gasteiger partial charge in [-0.25, -0.2) is 4.68 Å². The molecule has 0 spiro atoms. The summed E-state index contributed by atoms with van der Waals surface area (Å²) in [6.07, 6.45) is 2.11. The lowest BCUT2D eigenvalue weighted by atomic mass is 9.85. The number of Topliss-reactive ketones (excluding diaryl/α,β-unsaturated/α-hetero) is 1. The van der Waals surface area contributed by atoms with Gasteiger partial charge in [-0.15, -0.1) is 5.10 Å². The number of hydrogen-bond acceptors (Lipinski definition) is 8. The number of morpholine rings is 1. The molecule has 2 aliphatic heterocycles. The quantitative estimate of drug-likeness (QED) is 0.419. The molecular formula is C28H28ClN5O4S. The molecule has 6 rings (SSSR count). The number of halogens is 1. The van der Waals surface area contributed by atoms with E-state index in [4.69, 9.17) is 31.2 Å². The van der Waals surface area contributed by atoms with Crippen LogP contribution in [-0.2, 0) is 20.1 Å². The molecule has 11 heteroatoms. The van der Waals surface area contributed by atoms with E-state index in [0.717, 1.165) is 35.2 Å². The number of ether oxygens (including phenoxy) is 2. The number of anilines is 1. The van der Waals surface area contributed by atoms with Gasteiger partial charge in [-0.05, 0) is 42.2 Å². The van der Waals surface area contributed by atoms with Crippen molar-refractivity contribution in [1.82, 2.24) is 19.7 Å². The maximum absolute atomic E-state index is 13.1. The Bertz CT molecular complexity index is 1420. The molecule has 0 saturated carbocycles. The average Bonchev–Trinajstić information content (AvgIpc) is 3.38. The minimum atomic E-state index is -0.393. The molecule has 1 N–H and O–H groups in total. The summed E-state index contributed by atoms with van der Waals surface area (Å²) in [5.74, 6) is 1.91. The Morgan fingerprint density at radius 1 is 1.13 bits per heavy atom. The normalized spacial score (nSPS) is 18.8. The Morgan fingerprint density at radius 2 is 1.92 bits per heavy atom. The van der Waals surface area contributed by atoms with Crippen LogP contribution in [0.4, 0.5) is 5.95 Å². The number of nitrogens with zero attached hydrogens (tertiary/aromatic N) is 4. The first-order valence-electron chi connectivity index (χ1n) is 13.0. The molecule has 39 heavy (non-hydrogen) atoms. The van der Waals surface area contributed by atoms with Crippen molar-refractivity contribution in [2.45, 2.75) is 36.2 Å². The lowest BCUT2D eigenvalue weighted by Crippen LogP contribution is -2.42. The van der Waals surface area contributed by atoms with Crippen LogP contribution in [0.15, 0.2) is 65.0 Å². The van der Waals surface area contributed by atoms with Crippen LogP contribution in [0, 0.1) is 0 Å². The molecule has 1 saturated heterocycles. The highest BCUT2D eigenvalue weighted by Gasteiger charge is 2.37. The smallest absolute Gasteiger partial charge is 0.260 e. The van der Waals surface area contributed by atoms with Crippen molar-refractivity contribution in [3.05, 3.63) is 76.0 Å². The SMILES string of the molecule is O=C1CCCC2=C1C(c1ccc(OCC(=O)N3CCOCC3)cc1)n1nc(SCc3ccccc3Cl)nc1N2. The van der Waals surface area contributed by atoms with Gasteiger partial charge < -0.3 is 19.7 Å². The average molecular weight is 566 g/mol. The van der Waals surface area contributed by atoms with Gasteiger partial charge >= 0.3 is 0 Å². The molecule has 1 unspecified atom stereocenters. The third kappa shape index (κ3) is 5.54. The topological polar surface area (TPSA) is 98.6 Å². The molecule has 1 fully saturated rings. The molecule has 0 bridgehead atoms. The molecule has 202 valence electrons. The van der Waals surface area contributed by atoms with Gasteiger partial charge in [0.1, 0.15) is 11.8 Å². The second-order valence-electron chi connectivity index (χ2n) is 9.59. The van der Waals surface area contributed by atoms with Crippen LogP contribution in [-0.4, -0.2) is 64.3 Å². The first-order chi connectivity index (χ1) is 19.1. The summed E-state index contributed by atoms with van der Waals surface area (Å²) in [7, 11) is 0. The fourth-order valence-corrected chi connectivity index (χ4v) is 6.17. The number of nitrogens with one attached hydrogen (secondary N) is 1. The second-order valence-corrected chi connectivity index (χ2v) is 10.9. The van der Waals surface area contributed by atoms with Crippen LogP contribution in [0.25, 0.3) is 0 Å². The van der Waals surface area contributed by atoms with Crippen LogP contribution in [0.3, 0.4) is 0 Å².